The molecule has 4 nitrogen and oxygen atoms in total. The van der Waals surface area contributed by atoms with E-state index in [1.54, 1.807) is 25.1 Å². The molecular weight excluding hydrogens is 268 g/mol. The molecule has 6 heteroatoms. The quantitative estimate of drug-likeness (QED) is 0.916. The maximum absolute atomic E-state index is 12.0. The largest absolute Gasteiger partial charge is 0.469 e. The topological polar surface area (TPSA) is 51.5 Å². The highest BCUT2D eigenvalue weighted by Crippen LogP contribution is 2.15. The minimum atomic E-state index is -2.84. The number of alkyl halides is 2. The molecule has 106 valence electrons. The zero-order chi connectivity index (χ0) is 14.5. The molecular formula is C14H13F2NO3. The first-order valence-corrected chi connectivity index (χ1v) is 5.92. The van der Waals surface area contributed by atoms with E-state index in [2.05, 4.69) is 10.1 Å². The number of halogens is 2. The first-order chi connectivity index (χ1) is 9.56. The van der Waals surface area contributed by atoms with Gasteiger partial charge in [0.1, 0.15) is 11.5 Å². The molecule has 1 N–H and O–H groups in total. The van der Waals surface area contributed by atoms with Gasteiger partial charge in [0.2, 0.25) is 0 Å². The van der Waals surface area contributed by atoms with Crippen LogP contribution in [-0.4, -0.2) is 12.5 Å². The van der Waals surface area contributed by atoms with Crippen molar-refractivity contribution in [3.63, 3.8) is 0 Å². The highest BCUT2D eigenvalue weighted by Gasteiger charge is 2.10. The Morgan fingerprint density at radius 3 is 2.55 bits per heavy atom. The van der Waals surface area contributed by atoms with Crippen LogP contribution in [0.3, 0.4) is 0 Å². The van der Waals surface area contributed by atoms with E-state index in [-0.39, 0.29) is 11.7 Å². The number of amides is 1. The van der Waals surface area contributed by atoms with Gasteiger partial charge in [0, 0.05) is 6.54 Å². The third-order valence-corrected chi connectivity index (χ3v) is 2.71. The Bertz CT molecular complexity index is 578. The smallest absolute Gasteiger partial charge is 0.387 e. The summed E-state index contributed by atoms with van der Waals surface area (Å²) >= 11 is 0. The molecule has 0 saturated carbocycles. The Morgan fingerprint density at radius 2 is 2.00 bits per heavy atom. The number of carbonyl (C=O) groups excluding carboxylic acids is 1. The van der Waals surface area contributed by atoms with Crippen LogP contribution in [0.5, 0.6) is 5.75 Å². The SMILES string of the molecule is Cc1occc1C(=O)NCc1ccc(OC(F)F)cc1. The number of benzene rings is 1. The Hall–Kier alpha value is -2.37. The average Bonchev–Trinajstić information content (AvgIpc) is 2.83. The summed E-state index contributed by atoms with van der Waals surface area (Å²) in [4.78, 5) is 11.8. The molecule has 0 aliphatic carbocycles. The zero-order valence-corrected chi connectivity index (χ0v) is 10.7. The van der Waals surface area contributed by atoms with Crippen molar-refractivity contribution in [1.82, 2.24) is 5.32 Å². The summed E-state index contributed by atoms with van der Waals surface area (Å²) in [6.45, 7) is -0.853. The fourth-order valence-corrected chi connectivity index (χ4v) is 1.69. The van der Waals surface area contributed by atoms with E-state index in [0.717, 1.165) is 5.56 Å². The number of hydrogen-bond acceptors (Lipinski definition) is 3. The van der Waals surface area contributed by atoms with Crippen molar-refractivity contribution in [2.45, 2.75) is 20.1 Å². The molecule has 0 unspecified atom stereocenters. The van der Waals surface area contributed by atoms with E-state index in [0.29, 0.717) is 17.9 Å². The van der Waals surface area contributed by atoms with Gasteiger partial charge in [0.25, 0.3) is 5.91 Å². The fraction of sp³-hybridized carbons (Fsp3) is 0.214. The summed E-state index contributed by atoms with van der Waals surface area (Å²) in [5.74, 6) is 0.382. The van der Waals surface area contributed by atoms with E-state index >= 15 is 0 Å². The van der Waals surface area contributed by atoms with Crippen molar-refractivity contribution in [3.8, 4) is 5.75 Å². The third kappa shape index (κ3) is 3.57. The van der Waals surface area contributed by atoms with Crippen molar-refractivity contribution in [3.05, 3.63) is 53.5 Å². The van der Waals surface area contributed by atoms with Gasteiger partial charge in [-0.1, -0.05) is 12.1 Å². The average molecular weight is 281 g/mol. The molecule has 0 saturated heterocycles. The van der Waals surface area contributed by atoms with Crippen molar-refractivity contribution in [2.75, 3.05) is 0 Å². The molecule has 1 aromatic heterocycles. The van der Waals surface area contributed by atoms with Crippen molar-refractivity contribution in [2.24, 2.45) is 0 Å². The van der Waals surface area contributed by atoms with Crippen molar-refractivity contribution in [1.29, 1.82) is 0 Å². The Balaban J connectivity index is 1.91. The monoisotopic (exact) mass is 281 g/mol. The molecule has 0 atom stereocenters. The highest BCUT2D eigenvalue weighted by atomic mass is 19.3. The fourth-order valence-electron chi connectivity index (χ4n) is 1.69. The van der Waals surface area contributed by atoms with Gasteiger partial charge >= 0.3 is 6.61 Å². The first-order valence-electron chi connectivity index (χ1n) is 5.92. The summed E-state index contributed by atoms with van der Waals surface area (Å²) in [5, 5.41) is 2.71. The van der Waals surface area contributed by atoms with Crippen LogP contribution in [0.1, 0.15) is 21.7 Å². The maximum atomic E-state index is 12.0. The Labute approximate surface area is 114 Å². The van der Waals surface area contributed by atoms with Gasteiger partial charge in [-0.05, 0) is 30.7 Å². The lowest BCUT2D eigenvalue weighted by Gasteiger charge is -2.07. The number of carbonyl (C=O) groups is 1. The van der Waals surface area contributed by atoms with Crippen LogP contribution < -0.4 is 10.1 Å². The van der Waals surface area contributed by atoms with Gasteiger partial charge < -0.3 is 14.5 Å². The zero-order valence-electron chi connectivity index (χ0n) is 10.7. The molecule has 1 heterocycles. The van der Waals surface area contributed by atoms with Crippen LogP contribution in [0.2, 0.25) is 0 Å². The summed E-state index contributed by atoms with van der Waals surface area (Å²) in [5.41, 5.74) is 1.25. The molecule has 0 radical (unpaired) electrons. The number of rotatable bonds is 5. The number of nitrogens with one attached hydrogen (secondary N) is 1. The maximum Gasteiger partial charge on any atom is 0.387 e. The van der Waals surface area contributed by atoms with Crippen LogP contribution in [0.15, 0.2) is 41.0 Å². The minimum Gasteiger partial charge on any atom is -0.469 e. The second kappa shape index (κ2) is 6.18. The molecule has 0 aliphatic rings. The van der Waals surface area contributed by atoms with E-state index in [1.807, 2.05) is 0 Å². The normalized spacial score (nSPS) is 10.6. The van der Waals surface area contributed by atoms with Gasteiger partial charge in [0.05, 0.1) is 11.8 Å². The van der Waals surface area contributed by atoms with E-state index in [9.17, 15) is 13.6 Å². The number of hydrogen-bond donors (Lipinski definition) is 1. The molecule has 1 aromatic carbocycles. The number of aryl methyl sites for hydroxylation is 1. The van der Waals surface area contributed by atoms with Crippen LogP contribution in [0, 0.1) is 6.92 Å². The van der Waals surface area contributed by atoms with Gasteiger partial charge in [-0.2, -0.15) is 8.78 Å². The number of ether oxygens (including phenoxy) is 1. The Kier molecular flexibility index (Phi) is 4.34. The molecule has 2 aromatic rings. The molecule has 0 spiro atoms. The second-order valence-electron chi connectivity index (χ2n) is 4.10. The lowest BCUT2D eigenvalue weighted by molar-refractivity contribution is -0.0498. The van der Waals surface area contributed by atoms with E-state index < -0.39 is 6.61 Å². The molecule has 20 heavy (non-hydrogen) atoms. The summed E-state index contributed by atoms with van der Waals surface area (Å²) in [6.07, 6.45) is 1.45. The van der Waals surface area contributed by atoms with Gasteiger partial charge in [-0.25, -0.2) is 0 Å². The van der Waals surface area contributed by atoms with Gasteiger partial charge in [-0.15, -0.1) is 0 Å². The number of furan rings is 1. The third-order valence-electron chi connectivity index (χ3n) is 2.71. The lowest BCUT2D eigenvalue weighted by atomic mass is 10.2. The summed E-state index contributed by atoms with van der Waals surface area (Å²) in [6, 6.07) is 7.66. The van der Waals surface area contributed by atoms with E-state index in [1.165, 1.54) is 18.4 Å². The lowest BCUT2D eigenvalue weighted by Crippen LogP contribution is -2.22. The molecule has 0 fully saturated rings. The van der Waals surface area contributed by atoms with Crippen LogP contribution >= 0.6 is 0 Å². The minimum absolute atomic E-state index is 0.0840. The predicted molar refractivity (Wildman–Crippen MR) is 67.7 cm³/mol. The first kappa shape index (κ1) is 14.0. The summed E-state index contributed by atoms with van der Waals surface area (Å²) < 4.78 is 33.2. The van der Waals surface area contributed by atoms with Crippen molar-refractivity contribution < 1.29 is 22.7 Å². The van der Waals surface area contributed by atoms with Crippen LogP contribution in [0.25, 0.3) is 0 Å². The van der Waals surface area contributed by atoms with Crippen LogP contribution in [0.4, 0.5) is 8.78 Å². The van der Waals surface area contributed by atoms with E-state index in [4.69, 9.17) is 4.42 Å². The second-order valence-corrected chi connectivity index (χ2v) is 4.10. The standard InChI is InChI=1S/C14H13F2NO3/c1-9-12(6-7-19-9)13(18)17-8-10-2-4-11(5-3-10)20-14(15)16/h2-7,14H,8H2,1H3,(H,17,18). The highest BCUT2D eigenvalue weighted by molar-refractivity contribution is 5.94. The summed E-state index contributed by atoms with van der Waals surface area (Å²) in [7, 11) is 0. The van der Waals surface area contributed by atoms with Crippen molar-refractivity contribution >= 4 is 5.91 Å². The Morgan fingerprint density at radius 1 is 1.30 bits per heavy atom. The van der Waals surface area contributed by atoms with Gasteiger partial charge in [0.15, 0.2) is 0 Å². The molecule has 1 amide bonds. The molecule has 0 aliphatic heterocycles. The predicted octanol–water partition coefficient (Wildman–Crippen LogP) is 3.12. The molecule has 0 bridgehead atoms. The molecule has 2 rings (SSSR count). The van der Waals surface area contributed by atoms with Gasteiger partial charge in [-0.3, -0.25) is 4.79 Å². The van der Waals surface area contributed by atoms with Crippen LogP contribution in [-0.2, 0) is 6.54 Å².